The van der Waals surface area contributed by atoms with Crippen LogP contribution >= 0.6 is 0 Å². The van der Waals surface area contributed by atoms with Crippen molar-refractivity contribution >= 4 is 5.65 Å². The van der Waals surface area contributed by atoms with E-state index in [4.69, 9.17) is 0 Å². The Morgan fingerprint density at radius 3 is 2.05 bits per heavy atom. The predicted octanol–water partition coefficient (Wildman–Crippen LogP) is 3.38. The number of halogens is 5. The zero-order valence-corrected chi connectivity index (χ0v) is 11.8. The van der Waals surface area contributed by atoms with E-state index in [0.717, 1.165) is 4.52 Å². The van der Waals surface area contributed by atoms with Crippen molar-refractivity contribution in [2.75, 3.05) is 0 Å². The van der Waals surface area contributed by atoms with Gasteiger partial charge < -0.3 is 0 Å². The largest absolute Gasteiger partial charge is 0.459 e. The lowest BCUT2D eigenvalue weighted by molar-refractivity contribution is -0.291. The molecule has 21 heavy (non-hydrogen) atoms. The Bertz CT molecular complexity index is 681. The average Bonchev–Trinajstić information content (AvgIpc) is 2.71. The third kappa shape index (κ3) is 2.56. The highest BCUT2D eigenvalue weighted by atomic mass is 19.4. The summed E-state index contributed by atoms with van der Waals surface area (Å²) in [5.74, 6) is -4.79. The van der Waals surface area contributed by atoms with E-state index in [1.54, 1.807) is 20.8 Å². The molecule has 0 bridgehead atoms. The van der Waals surface area contributed by atoms with Crippen molar-refractivity contribution in [1.29, 1.82) is 0 Å². The monoisotopic (exact) mass is 308 g/mol. The molecule has 2 aromatic heterocycles. The highest BCUT2D eigenvalue weighted by Crippen LogP contribution is 2.43. The van der Waals surface area contributed by atoms with Crippen molar-refractivity contribution in [1.82, 2.24) is 19.6 Å². The fourth-order valence-corrected chi connectivity index (χ4v) is 1.66. The van der Waals surface area contributed by atoms with Crippen LogP contribution in [0.1, 0.15) is 38.1 Å². The molecule has 4 nitrogen and oxygen atoms in total. The lowest BCUT2D eigenvalue weighted by Crippen LogP contribution is -2.35. The van der Waals surface area contributed by atoms with Crippen LogP contribution in [0.15, 0.2) is 6.07 Å². The molecule has 2 heterocycles. The Labute approximate surface area is 117 Å². The van der Waals surface area contributed by atoms with Gasteiger partial charge in [-0.25, -0.2) is 9.97 Å². The first-order valence-electron chi connectivity index (χ1n) is 6.04. The van der Waals surface area contributed by atoms with E-state index in [0.29, 0.717) is 11.9 Å². The molecule has 0 spiro atoms. The minimum Gasteiger partial charge on any atom is -0.231 e. The minimum absolute atomic E-state index is 0.0885. The summed E-state index contributed by atoms with van der Waals surface area (Å²) in [5.41, 5.74) is -1.94. The van der Waals surface area contributed by atoms with Crippen molar-refractivity contribution in [3.05, 3.63) is 23.4 Å². The fourth-order valence-electron chi connectivity index (χ4n) is 1.66. The van der Waals surface area contributed by atoms with E-state index in [1.807, 2.05) is 0 Å². The molecule has 0 fully saturated rings. The number of hydrogen-bond acceptors (Lipinski definition) is 3. The Balaban J connectivity index is 2.66. The van der Waals surface area contributed by atoms with Gasteiger partial charge in [0.1, 0.15) is 11.5 Å². The van der Waals surface area contributed by atoms with E-state index < -0.39 is 23.2 Å². The van der Waals surface area contributed by atoms with Crippen molar-refractivity contribution in [3.8, 4) is 0 Å². The zero-order valence-electron chi connectivity index (χ0n) is 11.8. The Hall–Kier alpha value is -1.80. The van der Waals surface area contributed by atoms with Gasteiger partial charge in [0.2, 0.25) is 0 Å². The smallest absolute Gasteiger partial charge is 0.231 e. The Morgan fingerprint density at radius 2 is 1.57 bits per heavy atom. The number of nitrogens with zero attached hydrogens (tertiary/aromatic N) is 4. The number of aromatic nitrogens is 4. The van der Waals surface area contributed by atoms with Gasteiger partial charge in [0.05, 0.1) is 0 Å². The molecule has 2 aromatic rings. The van der Waals surface area contributed by atoms with Crippen molar-refractivity contribution in [3.63, 3.8) is 0 Å². The predicted molar refractivity (Wildman–Crippen MR) is 64.2 cm³/mol. The van der Waals surface area contributed by atoms with E-state index in [2.05, 4.69) is 15.1 Å². The highest BCUT2D eigenvalue weighted by Gasteiger charge is 2.60. The number of fused-ring (bicyclic) bond motifs is 1. The summed E-state index contributed by atoms with van der Waals surface area (Å²) in [5, 5.41) is 4.09. The van der Waals surface area contributed by atoms with Crippen LogP contribution in [-0.4, -0.2) is 25.8 Å². The Morgan fingerprint density at radius 1 is 1.00 bits per heavy atom. The van der Waals surface area contributed by atoms with Gasteiger partial charge in [0.25, 0.3) is 0 Å². The summed E-state index contributed by atoms with van der Waals surface area (Å²) in [7, 11) is 0. The normalized spacial score (nSPS) is 14.0. The Kier molecular flexibility index (Phi) is 3.23. The first kappa shape index (κ1) is 15.6. The topological polar surface area (TPSA) is 43.1 Å². The highest BCUT2D eigenvalue weighted by molar-refractivity contribution is 5.41. The van der Waals surface area contributed by atoms with Crippen LogP contribution in [0.25, 0.3) is 5.65 Å². The first-order valence-corrected chi connectivity index (χ1v) is 6.04. The van der Waals surface area contributed by atoms with E-state index >= 15 is 0 Å². The molecule has 9 heteroatoms. The summed E-state index contributed by atoms with van der Waals surface area (Å²) >= 11 is 0. The third-order valence-electron chi connectivity index (χ3n) is 2.84. The average molecular weight is 308 g/mol. The summed E-state index contributed by atoms with van der Waals surface area (Å²) < 4.78 is 65.1. The molecule has 0 saturated heterocycles. The van der Waals surface area contributed by atoms with Gasteiger partial charge in [-0.05, 0) is 6.92 Å². The molecular formula is C12H13F5N4. The fraction of sp³-hybridized carbons (Fsp3) is 0.583. The van der Waals surface area contributed by atoms with Gasteiger partial charge in [-0.1, -0.05) is 20.8 Å². The molecule has 0 aromatic carbocycles. The van der Waals surface area contributed by atoms with Crippen LogP contribution in [0.4, 0.5) is 22.0 Å². The molecule has 0 N–H and O–H groups in total. The van der Waals surface area contributed by atoms with Gasteiger partial charge >= 0.3 is 12.1 Å². The van der Waals surface area contributed by atoms with E-state index in [-0.39, 0.29) is 11.5 Å². The molecule has 0 atom stereocenters. The van der Waals surface area contributed by atoms with Gasteiger partial charge in [0, 0.05) is 11.5 Å². The van der Waals surface area contributed by atoms with Crippen LogP contribution < -0.4 is 0 Å². The molecule has 0 unspecified atom stereocenters. The molecule has 0 aliphatic carbocycles. The lowest BCUT2D eigenvalue weighted by Gasteiger charge is -2.19. The van der Waals surface area contributed by atoms with E-state index in [1.165, 1.54) is 6.92 Å². The van der Waals surface area contributed by atoms with Crippen LogP contribution in [0.2, 0.25) is 0 Å². The SMILES string of the molecule is Cc1nc(C(F)(F)C(F)(F)F)cc2nc(C(C)(C)C)nn12. The molecular weight excluding hydrogens is 295 g/mol. The summed E-state index contributed by atoms with van der Waals surface area (Å²) in [6, 6.07) is 0.614. The van der Waals surface area contributed by atoms with Crippen molar-refractivity contribution < 1.29 is 22.0 Å². The molecule has 116 valence electrons. The third-order valence-corrected chi connectivity index (χ3v) is 2.84. The maximum atomic E-state index is 13.4. The maximum absolute atomic E-state index is 13.4. The second kappa shape index (κ2) is 4.35. The van der Waals surface area contributed by atoms with Crippen LogP contribution in [0.3, 0.4) is 0 Å². The second-order valence-corrected chi connectivity index (χ2v) is 5.72. The van der Waals surface area contributed by atoms with Crippen molar-refractivity contribution in [2.24, 2.45) is 0 Å². The lowest BCUT2D eigenvalue weighted by atomic mass is 9.96. The summed E-state index contributed by atoms with van der Waals surface area (Å²) in [6.45, 7) is 6.70. The minimum atomic E-state index is -5.71. The number of rotatable bonds is 1. The molecule has 2 rings (SSSR count). The summed E-state index contributed by atoms with van der Waals surface area (Å²) in [6.07, 6.45) is -5.71. The van der Waals surface area contributed by atoms with Crippen molar-refractivity contribution in [2.45, 2.75) is 45.2 Å². The maximum Gasteiger partial charge on any atom is 0.459 e. The quantitative estimate of drug-likeness (QED) is 0.759. The van der Waals surface area contributed by atoms with Crippen LogP contribution in [0.5, 0.6) is 0 Å². The standard InChI is InChI=1S/C12H13F5N4/c1-6-18-7(11(13,14)12(15,16)17)5-8-19-9(10(2,3)4)20-21(6)8/h5H,1-4H3. The molecule has 0 aliphatic rings. The summed E-state index contributed by atoms with van der Waals surface area (Å²) in [4.78, 5) is 7.34. The first-order chi connectivity index (χ1) is 9.34. The number of hydrogen-bond donors (Lipinski definition) is 0. The van der Waals surface area contributed by atoms with Gasteiger partial charge in [-0.15, -0.1) is 5.10 Å². The second-order valence-electron chi connectivity index (χ2n) is 5.72. The number of alkyl halides is 5. The van der Waals surface area contributed by atoms with Gasteiger partial charge in [-0.3, -0.25) is 0 Å². The van der Waals surface area contributed by atoms with Gasteiger partial charge in [-0.2, -0.15) is 26.5 Å². The van der Waals surface area contributed by atoms with E-state index in [9.17, 15) is 22.0 Å². The van der Waals surface area contributed by atoms with Crippen LogP contribution in [-0.2, 0) is 11.3 Å². The van der Waals surface area contributed by atoms with Gasteiger partial charge in [0.15, 0.2) is 11.5 Å². The molecule has 0 saturated carbocycles. The molecule has 0 radical (unpaired) electrons. The van der Waals surface area contributed by atoms with Crippen LogP contribution in [0, 0.1) is 6.92 Å². The molecule has 0 amide bonds. The molecule has 0 aliphatic heterocycles. The zero-order chi connectivity index (χ0) is 16.2. The number of aryl methyl sites for hydroxylation is 1.